The van der Waals surface area contributed by atoms with E-state index in [1.165, 1.54) is 25.7 Å². The monoisotopic (exact) mass is 448 g/mol. The first kappa shape index (κ1) is 23.9. The Kier molecular flexibility index (Phi) is 9.13. The van der Waals surface area contributed by atoms with E-state index in [2.05, 4.69) is 16.3 Å². The Hall–Kier alpha value is -1.42. The van der Waals surface area contributed by atoms with E-state index in [9.17, 15) is 9.59 Å². The van der Waals surface area contributed by atoms with Gasteiger partial charge in [-0.2, -0.15) is 0 Å². The van der Waals surface area contributed by atoms with Crippen LogP contribution in [0.3, 0.4) is 0 Å². The van der Waals surface area contributed by atoms with Crippen molar-refractivity contribution >= 4 is 35.1 Å². The fourth-order valence-corrected chi connectivity index (χ4v) is 3.71. The maximum atomic E-state index is 9.77. The zero-order valence-corrected chi connectivity index (χ0v) is 17.3. The van der Waals surface area contributed by atoms with E-state index in [0.29, 0.717) is 11.1 Å². The molecule has 1 aromatic carbocycles. The lowest BCUT2D eigenvalue weighted by atomic mass is 9.89. The maximum Gasteiger partial charge on any atom is 0.335 e. The van der Waals surface area contributed by atoms with Gasteiger partial charge in [-0.3, -0.25) is 4.90 Å². The average Bonchev–Trinajstić information content (AvgIpc) is 3.17. The van der Waals surface area contributed by atoms with Gasteiger partial charge in [0.05, 0.1) is 10.0 Å². The number of rotatable bonds is 7. The second kappa shape index (κ2) is 11.1. The van der Waals surface area contributed by atoms with E-state index in [-0.39, 0.29) is 0 Å². The summed E-state index contributed by atoms with van der Waals surface area (Å²) in [6, 6.07) is 7.34. The second-order valence-corrected chi connectivity index (χ2v) is 7.97. The molecular formula is C19H26Cl2N2O6. The Morgan fingerprint density at radius 3 is 2.14 bits per heavy atom. The van der Waals surface area contributed by atoms with E-state index in [0.717, 1.165) is 36.3 Å². The SMILES string of the molecule is Clc1cccc(CN(C2CCC2)[C@H]2CCNC2)c1Cl.O=C(O)[C@H](O)[C@@H](O)C(=O)O. The van der Waals surface area contributed by atoms with Gasteiger partial charge in [0, 0.05) is 25.2 Å². The predicted molar refractivity (Wildman–Crippen MR) is 108 cm³/mol. The molecule has 1 saturated carbocycles. The summed E-state index contributed by atoms with van der Waals surface area (Å²) >= 11 is 12.5. The Morgan fingerprint density at radius 2 is 1.69 bits per heavy atom. The first-order valence-electron chi connectivity index (χ1n) is 9.43. The number of hydrogen-bond acceptors (Lipinski definition) is 6. The number of aliphatic carboxylic acids is 2. The first-order chi connectivity index (χ1) is 13.7. The molecule has 1 aromatic rings. The van der Waals surface area contributed by atoms with Gasteiger partial charge in [-0.15, -0.1) is 0 Å². The van der Waals surface area contributed by atoms with Gasteiger partial charge >= 0.3 is 11.9 Å². The molecule has 3 rings (SSSR count). The average molecular weight is 449 g/mol. The van der Waals surface area contributed by atoms with E-state index in [1.807, 2.05) is 12.1 Å². The van der Waals surface area contributed by atoms with Crippen molar-refractivity contribution < 1.29 is 30.0 Å². The zero-order valence-electron chi connectivity index (χ0n) is 15.8. The van der Waals surface area contributed by atoms with Crippen molar-refractivity contribution in [2.45, 2.75) is 56.5 Å². The molecular weight excluding hydrogens is 423 g/mol. The highest BCUT2D eigenvalue weighted by atomic mass is 35.5. The Morgan fingerprint density at radius 1 is 1.07 bits per heavy atom. The van der Waals surface area contributed by atoms with E-state index in [4.69, 9.17) is 43.6 Å². The van der Waals surface area contributed by atoms with E-state index in [1.54, 1.807) is 0 Å². The molecule has 1 heterocycles. The summed E-state index contributed by atoms with van der Waals surface area (Å²) in [4.78, 5) is 22.2. The van der Waals surface area contributed by atoms with Crippen LogP contribution in [0.2, 0.25) is 10.0 Å². The summed E-state index contributed by atoms with van der Waals surface area (Å²) in [7, 11) is 0. The lowest BCUT2D eigenvalue weighted by Gasteiger charge is -2.41. The summed E-state index contributed by atoms with van der Waals surface area (Å²) < 4.78 is 0. The smallest absolute Gasteiger partial charge is 0.335 e. The summed E-state index contributed by atoms with van der Waals surface area (Å²) in [6.07, 6.45) is 0.734. The van der Waals surface area contributed by atoms with Crippen LogP contribution in [0.5, 0.6) is 0 Å². The molecule has 10 heteroatoms. The third-order valence-electron chi connectivity index (χ3n) is 5.24. The van der Waals surface area contributed by atoms with Crippen LogP contribution in [0.25, 0.3) is 0 Å². The number of aliphatic hydroxyl groups excluding tert-OH is 2. The molecule has 29 heavy (non-hydrogen) atoms. The van der Waals surface area contributed by atoms with Crippen LogP contribution in [0, 0.1) is 0 Å². The van der Waals surface area contributed by atoms with Crippen molar-refractivity contribution in [1.82, 2.24) is 10.2 Å². The lowest BCUT2D eigenvalue weighted by molar-refractivity contribution is -0.165. The van der Waals surface area contributed by atoms with Crippen LogP contribution in [-0.2, 0) is 16.1 Å². The lowest BCUT2D eigenvalue weighted by Crippen LogP contribution is -2.47. The highest BCUT2D eigenvalue weighted by molar-refractivity contribution is 6.42. The highest BCUT2D eigenvalue weighted by Crippen LogP contribution is 2.32. The third kappa shape index (κ3) is 6.53. The molecule has 5 N–H and O–H groups in total. The molecule has 0 aromatic heterocycles. The number of halogens is 2. The predicted octanol–water partition coefficient (Wildman–Crippen LogP) is 1.59. The molecule has 1 saturated heterocycles. The van der Waals surface area contributed by atoms with Crippen LogP contribution in [0.1, 0.15) is 31.2 Å². The molecule has 1 aliphatic heterocycles. The number of carbonyl (C=O) groups is 2. The topological polar surface area (TPSA) is 130 Å². The molecule has 162 valence electrons. The van der Waals surface area contributed by atoms with Crippen LogP contribution >= 0.6 is 23.2 Å². The fourth-order valence-electron chi connectivity index (χ4n) is 3.33. The summed E-state index contributed by atoms with van der Waals surface area (Å²) in [6.45, 7) is 3.17. The van der Waals surface area contributed by atoms with Crippen molar-refractivity contribution in [2.75, 3.05) is 13.1 Å². The summed E-state index contributed by atoms with van der Waals surface area (Å²) in [5, 5.41) is 37.4. The number of hydrogen-bond donors (Lipinski definition) is 5. The molecule has 2 fully saturated rings. The van der Waals surface area contributed by atoms with Gasteiger partial charge in [-0.05, 0) is 37.4 Å². The minimum Gasteiger partial charge on any atom is -0.479 e. The molecule has 3 atom stereocenters. The highest BCUT2D eigenvalue weighted by Gasteiger charge is 2.32. The molecule has 1 aliphatic carbocycles. The number of nitrogens with zero attached hydrogens (tertiary/aromatic N) is 1. The molecule has 8 nitrogen and oxygen atoms in total. The normalized spacial score (nSPS) is 21.1. The van der Waals surface area contributed by atoms with Gasteiger partial charge < -0.3 is 25.7 Å². The van der Waals surface area contributed by atoms with Crippen molar-refractivity contribution in [2.24, 2.45) is 0 Å². The summed E-state index contributed by atoms with van der Waals surface area (Å²) in [5.74, 6) is -3.54. The number of nitrogens with one attached hydrogen (secondary N) is 1. The third-order valence-corrected chi connectivity index (χ3v) is 6.09. The Labute approximate surface area is 179 Å². The van der Waals surface area contributed by atoms with Gasteiger partial charge in [-0.25, -0.2) is 9.59 Å². The quantitative estimate of drug-likeness (QED) is 0.424. The molecule has 0 radical (unpaired) electrons. The molecule has 0 spiro atoms. The van der Waals surface area contributed by atoms with E-state index >= 15 is 0 Å². The first-order valence-corrected chi connectivity index (χ1v) is 10.2. The molecule has 2 aliphatic rings. The Bertz CT molecular complexity index is 692. The minimum absolute atomic E-state index is 0.653. The minimum atomic E-state index is -2.27. The molecule has 0 bridgehead atoms. The zero-order chi connectivity index (χ0) is 21.6. The van der Waals surface area contributed by atoms with Crippen LogP contribution < -0.4 is 5.32 Å². The van der Waals surface area contributed by atoms with Gasteiger partial charge in [0.2, 0.25) is 0 Å². The Balaban J connectivity index is 0.000000257. The van der Waals surface area contributed by atoms with Gasteiger partial charge in [0.1, 0.15) is 0 Å². The van der Waals surface area contributed by atoms with Crippen molar-refractivity contribution in [3.05, 3.63) is 33.8 Å². The van der Waals surface area contributed by atoms with Crippen molar-refractivity contribution in [1.29, 1.82) is 0 Å². The molecule has 0 amide bonds. The van der Waals surface area contributed by atoms with Crippen molar-refractivity contribution in [3.63, 3.8) is 0 Å². The number of aliphatic hydroxyl groups is 2. The summed E-state index contributed by atoms with van der Waals surface area (Å²) in [5.41, 5.74) is 1.16. The van der Waals surface area contributed by atoms with Crippen LogP contribution in [0.4, 0.5) is 0 Å². The van der Waals surface area contributed by atoms with Crippen LogP contribution in [-0.4, -0.2) is 74.6 Å². The number of carboxylic acids is 2. The van der Waals surface area contributed by atoms with Crippen LogP contribution in [0.15, 0.2) is 18.2 Å². The number of benzene rings is 1. The van der Waals surface area contributed by atoms with Crippen molar-refractivity contribution in [3.8, 4) is 0 Å². The largest absolute Gasteiger partial charge is 0.479 e. The maximum absolute atomic E-state index is 9.77. The fraction of sp³-hybridized carbons (Fsp3) is 0.579. The molecule has 0 unspecified atom stereocenters. The standard InChI is InChI=1S/C15H20Cl2N2.C4H6O6/c16-14-6-1-3-11(15(14)17)10-19(12-4-2-5-12)13-7-8-18-9-13;5-1(3(7)8)2(6)4(9)10/h1,3,6,12-13,18H,2,4-5,7-10H2;1-2,5-6H,(H,7,8)(H,9,10)/t13-;1-,2-/m01/s1. The second-order valence-electron chi connectivity index (χ2n) is 7.18. The van der Waals surface area contributed by atoms with Gasteiger partial charge in [-0.1, -0.05) is 41.8 Å². The van der Waals surface area contributed by atoms with E-state index < -0.39 is 24.1 Å². The number of carboxylic acid groups (broad SMARTS) is 2. The van der Waals surface area contributed by atoms with Gasteiger partial charge in [0.25, 0.3) is 0 Å². The van der Waals surface area contributed by atoms with Gasteiger partial charge in [0.15, 0.2) is 12.2 Å².